The predicted molar refractivity (Wildman–Crippen MR) is 212 cm³/mol. The summed E-state index contributed by atoms with van der Waals surface area (Å²) < 4.78 is 4.61. The highest BCUT2D eigenvalue weighted by Gasteiger charge is 2.27. The van der Waals surface area contributed by atoms with Crippen molar-refractivity contribution in [2.75, 3.05) is 0 Å². The first-order chi connectivity index (χ1) is 25.8. The van der Waals surface area contributed by atoms with Crippen LogP contribution in [0.2, 0.25) is 0 Å². The van der Waals surface area contributed by atoms with Crippen molar-refractivity contribution in [3.63, 3.8) is 0 Å². The van der Waals surface area contributed by atoms with E-state index in [-0.39, 0.29) is 0 Å². The zero-order chi connectivity index (χ0) is 34.6. The second kappa shape index (κ2) is 12.1. The van der Waals surface area contributed by atoms with Crippen LogP contribution in [0.4, 0.5) is 0 Å². The summed E-state index contributed by atoms with van der Waals surface area (Å²) in [5.74, 6) is 1.12. The Morgan fingerprint density at radius 3 is 1.90 bits per heavy atom. The first kappa shape index (κ1) is 29.8. The van der Waals surface area contributed by atoms with Gasteiger partial charge in [0.05, 0.1) is 22.2 Å². The molecule has 0 bridgehead atoms. The SMILES string of the molecule is N#Cc1c(-c2ccccc2)nc(-c2ccc(-c3ccccc3)cc2)nc1-n1c2ccccc2c2ccc3c4c(n(-c5ccccc5)c3c21)C=CCC4. The Balaban J connectivity index is 1.33. The van der Waals surface area contributed by atoms with Crippen molar-refractivity contribution in [1.29, 1.82) is 5.26 Å². The molecule has 0 amide bonds. The lowest BCUT2D eigenvalue weighted by Crippen LogP contribution is -2.08. The molecule has 0 atom stereocenters. The van der Waals surface area contributed by atoms with Gasteiger partial charge in [0.1, 0.15) is 11.6 Å². The van der Waals surface area contributed by atoms with Crippen molar-refractivity contribution >= 4 is 38.8 Å². The second-order valence-electron chi connectivity index (χ2n) is 13.2. The second-order valence-corrected chi connectivity index (χ2v) is 13.2. The molecule has 52 heavy (non-hydrogen) atoms. The van der Waals surface area contributed by atoms with Gasteiger partial charge < -0.3 is 4.57 Å². The van der Waals surface area contributed by atoms with Crippen molar-refractivity contribution in [2.45, 2.75) is 12.8 Å². The summed E-state index contributed by atoms with van der Waals surface area (Å²) in [5, 5.41) is 14.5. The number of aryl methyl sites for hydroxylation is 1. The minimum Gasteiger partial charge on any atom is -0.308 e. The molecule has 5 nitrogen and oxygen atoms in total. The van der Waals surface area contributed by atoms with Crippen molar-refractivity contribution in [1.82, 2.24) is 19.1 Å². The summed E-state index contributed by atoms with van der Waals surface area (Å²) in [6.45, 7) is 0. The summed E-state index contributed by atoms with van der Waals surface area (Å²) >= 11 is 0. The van der Waals surface area contributed by atoms with Crippen LogP contribution in [0.3, 0.4) is 0 Å². The monoisotopic (exact) mass is 665 g/mol. The molecule has 6 aromatic carbocycles. The van der Waals surface area contributed by atoms with Crippen LogP contribution in [0.15, 0.2) is 158 Å². The average Bonchev–Trinajstić information content (AvgIpc) is 3.74. The smallest absolute Gasteiger partial charge is 0.162 e. The van der Waals surface area contributed by atoms with Crippen LogP contribution >= 0.6 is 0 Å². The fraction of sp³-hybridized carbons (Fsp3) is 0.0426. The average molecular weight is 666 g/mol. The van der Waals surface area contributed by atoms with Crippen LogP contribution in [-0.4, -0.2) is 19.1 Å². The number of rotatable bonds is 5. The molecule has 0 fully saturated rings. The largest absolute Gasteiger partial charge is 0.308 e. The van der Waals surface area contributed by atoms with Gasteiger partial charge in [-0.05, 0) is 53.8 Å². The number of allylic oxidation sites excluding steroid dienone is 1. The minimum atomic E-state index is 0.429. The third kappa shape index (κ3) is 4.62. The summed E-state index contributed by atoms with van der Waals surface area (Å²) in [6.07, 6.45) is 6.50. The molecule has 244 valence electrons. The Morgan fingerprint density at radius 1 is 0.538 bits per heavy atom. The predicted octanol–water partition coefficient (Wildman–Crippen LogP) is 11.3. The fourth-order valence-electron chi connectivity index (χ4n) is 7.92. The summed E-state index contributed by atoms with van der Waals surface area (Å²) in [4.78, 5) is 10.5. The quantitative estimate of drug-likeness (QED) is 0.184. The minimum absolute atomic E-state index is 0.429. The van der Waals surface area contributed by atoms with E-state index in [9.17, 15) is 5.26 Å². The fourth-order valence-corrected chi connectivity index (χ4v) is 7.92. The molecule has 0 aliphatic heterocycles. The number of aromatic nitrogens is 4. The van der Waals surface area contributed by atoms with Gasteiger partial charge in [0.2, 0.25) is 0 Å². The van der Waals surface area contributed by atoms with E-state index in [0.717, 1.165) is 68.1 Å². The molecule has 0 spiro atoms. The first-order valence-corrected chi connectivity index (χ1v) is 17.6. The van der Waals surface area contributed by atoms with Gasteiger partial charge in [-0.15, -0.1) is 0 Å². The Labute approximate surface area is 301 Å². The van der Waals surface area contributed by atoms with Gasteiger partial charge in [-0.3, -0.25) is 4.57 Å². The van der Waals surface area contributed by atoms with Gasteiger partial charge in [-0.2, -0.15) is 5.26 Å². The van der Waals surface area contributed by atoms with Gasteiger partial charge in [0, 0.05) is 38.7 Å². The Hall–Kier alpha value is -7.03. The molecular weight excluding hydrogens is 635 g/mol. The van der Waals surface area contributed by atoms with Gasteiger partial charge in [0.25, 0.3) is 0 Å². The molecule has 0 saturated carbocycles. The standard InChI is InChI=1S/C47H31N5/c48-30-40-43(33-16-6-2-7-17-33)49-46(34-26-24-32(25-27-34)31-14-4-1-5-15-31)50-47(40)52-42-23-13-11-21-37(42)39-29-28-38-36-20-10-12-22-41(36)51(44(38)45(39)52)35-18-8-3-9-19-35/h1-9,11-19,21-29H,10,20H2. The third-order valence-corrected chi connectivity index (χ3v) is 10.3. The zero-order valence-electron chi connectivity index (χ0n) is 28.2. The molecular formula is C47H31N5. The van der Waals surface area contributed by atoms with Crippen LogP contribution in [0, 0.1) is 11.3 Å². The molecule has 3 aromatic heterocycles. The maximum absolute atomic E-state index is 11.0. The molecule has 10 rings (SSSR count). The van der Waals surface area contributed by atoms with E-state index < -0.39 is 0 Å². The van der Waals surface area contributed by atoms with Crippen molar-refractivity contribution < 1.29 is 0 Å². The van der Waals surface area contributed by atoms with Crippen molar-refractivity contribution in [3.05, 3.63) is 175 Å². The molecule has 3 heterocycles. The molecule has 1 aliphatic rings. The lowest BCUT2D eigenvalue weighted by atomic mass is 10.00. The molecule has 1 aliphatic carbocycles. The summed E-state index contributed by atoms with van der Waals surface area (Å²) in [6, 6.07) is 54.9. The lowest BCUT2D eigenvalue weighted by Gasteiger charge is -2.16. The maximum Gasteiger partial charge on any atom is 0.162 e. The van der Waals surface area contributed by atoms with E-state index in [1.54, 1.807) is 0 Å². The Morgan fingerprint density at radius 2 is 1.15 bits per heavy atom. The number of nitrogens with zero attached hydrogens (tertiary/aromatic N) is 5. The lowest BCUT2D eigenvalue weighted by molar-refractivity contribution is 0.967. The number of para-hydroxylation sites is 2. The Kier molecular flexibility index (Phi) is 6.94. The highest BCUT2D eigenvalue weighted by atomic mass is 15.1. The summed E-state index contributed by atoms with van der Waals surface area (Å²) in [5.41, 5.74) is 11.8. The van der Waals surface area contributed by atoms with Crippen molar-refractivity contribution in [2.24, 2.45) is 0 Å². The van der Waals surface area contributed by atoms with Crippen molar-refractivity contribution in [3.8, 4) is 51.3 Å². The van der Waals surface area contributed by atoms with Crippen LogP contribution in [0.1, 0.15) is 23.2 Å². The van der Waals surface area contributed by atoms with E-state index in [2.05, 4.69) is 143 Å². The Bertz CT molecular complexity index is 2870. The van der Waals surface area contributed by atoms with Crippen LogP contribution in [0.5, 0.6) is 0 Å². The highest BCUT2D eigenvalue weighted by Crippen LogP contribution is 2.43. The maximum atomic E-state index is 11.0. The van der Waals surface area contributed by atoms with E-state index in [1.165, 1.54) is 16.6 Å². The van der Waals surface area contributed by atoms with Gasteiger partial charge in [-0.25, -0.2) is 9.97 Å². The molecule has 0 radical (unpaired) electrons. The van der Waals surface area contributed by atoms with E-state index in [1.807, 2.05) is 36.4 Å². The first-order valence-electron chi connectivity index (χ1n) is 17.6. The van der Waals surface area contributed by atoms with Gasteiger partial charge in [-0.1, -0.05) is 140 Å². The molecule has 0 unspecified atom stereocenters. The van der Waals surface area contributed by atoms with Crippen LogP contribution in [-0.2, 0) is 6.42 Å². The molecule has 0 N–H and O–H groups in total. The molecule has 9 aromatic rings. The van der Waals surface area contributed by atoms with Crippen LogP contribution < -0.4 is 0 Å². The zero-order valence-corrected chi connectivity index (χ0v) is 28.2. The van der Waals surface area contributed by atoms with E-state index >= 15 is 0 Å². The number of fused-ring (bicyclic) bond motifs is 7. The van der Waals surface area contributed by atoms with Crippen LogP contribution in [0.25, 0.3) is 84.1 Å². The number of hydrogen-bond acceptors (Lipinski definition) is 3. The molecule has 0 saturated heterocycles. The number of nitriles is 1. The van der Waals surface area contributed by atoms with E-state index in [0.29, 0.717) is 22.9 Å². The molecule has 5 heteroatoms. The van der Waals surface area contributed by atoms with E-state index in [4.69, 9.17) is 9.97 Å². The van der Waals surface area contributed by atoms with Gasteiger partial charge >= 0.3 is 0 Å². The normalized spacial score (nSPS) is 12.4. The summed E-state index contributed by atoms with van der Waals surface area (Å²) in [7, 11) is 0. The number of benzene rings is 6. The third-order valence-electron chi connectivity index (χ3n) is 10.3. The highest BCUT2D eigenvalue weighted by molar-refractivity contribution is 6.19. The topological polar surface area (TPSA) is 59.4 Å². The van der Waals surface area contributed by atoms with Gasteiger partial charge in [0.15, 0.2) is 11.6 Å². The number of hydrogen-bond donors (Lipinski definition) is 0.